The zero-order chi connectivity index (χ0) is 22.1. The van der Waals surface area contributed by atoms with Gasteiger partial charge in [-0.05, 0) is 56.7 Å². The predicted molar refractivity (Wildman–Crippen MR) is 107 cm³/mol. The molecular weight excluding hydrogens is 388 g/mol. The second-order valence-electron chi connectivity index (χ2n) is 8.89. The van der Waals surface area contributed by atoms with Crippen LogP contribution < -0.4 is 5.73 Å². The molecular formula is C22H26N2O6. The summed E-state index contributed by atoms with van der Waals surface area (Å²) in [5.41, 5.74) is 5.71. The molecule has 0 spiro atoms. The first-order valence-electron chi connectivity index (χ1n) is 9.96. The average molecular weight is 414 g/mol. The third-order valence-electron chi connectivity index (χ3n) is 7.15. The van der Waals surface area contributed by atoms with Crippen molar-refractivity contribution in [1.82, 2.24) is 4.90 Å². The highest BCUT2D eigenvalue weighted by Crippen LogP contribution is 2.54. The quantitative estimate of drug-likeness (QED) is 0.463. The zero-order valence-corrected chi connectivity index (χ0v) is 17.1. The van der Waals surface area contributed by atoms with E-state index < -0.39 is 41.4 Å². The van der Waals surface area contributed by atoms with Crippen molar-refractivity contribution in [3.8, 4) is 0 Å². The van der Waals surface area contributed by atoms with Crippen molar-refractivity contribution >= 4 is 17.5 Å². The molecule has 4 aliphatic carbocycles. The van der Waals surface area contributed by atoms with Gasteiger partial charge in [-0.1, -0.05) is 12.2 Å². The normalized spacial score (nSPS) is 38.3. The van der Waals surface area contributed by atoms with Crippen LogP contribution in [0.15, 0.2) is 46.3 Å². The molecule has 4 rings (SSSR count). The number of fused-ring (bicyclic) bond motifs is 3. The summed E-state index contributed by atoms with van der Waals surface area (Å²) in [4.78, 5) is 39.0. The van der Waals surface area contributed by atoms with E-state index >= 15 is 0 Å². The van der Waals surface area contributed by atoms with Crippen LogP contribution in [-0.2, 0) is 14.4 Å². The minimum absolute atomic E-state index is 0.118. The molecule has 0 aliphatic heterocycles. The first-order valence-corrected chi connectivity index (χ1v) is 9.96. The molecule has 2 saturated carbocycles. The van der Waals surface area contributed by atoms with Crippen LogP contribution >= 0.6 is 0 Å². The minimum atomic E-state index is -1.86. The Labute approximate surface area is 174 Å². The summed E-state index contributed by atoms with van der Waals surface area (Å²) in [5.74, 6) is -4.72. The third kappa shape index (κ3) is 2.60. The van der Waals surface area contributed by atoms with Gasteiger partial charge in [0.1, 0.15) is 29.3 Å². The van der Waals surface area contributed by atoms with Crippen molar-refractivity contribution in [3.63, 3.8) is 0 Å². The third-order valence-corrected chi connectivity index (χ3v) is 7.15. The van der Waals surface area contributed by atoms with Crippen LogP contribution in [0.5, 0.6) is 0 Å². The molecule has 6 atom stereocenters. The number of aliphatic hydroxyl groups excluding tert-OH is 2. The van der Waals surface area contributed by atoms with Gasteiger partial charge in [0.05, 0.1) is 6.04 Å². The van der Waals surface area contributed by atoms with Crippen LogP contribution in [0.2, 0.25) is 0 Å². The Morgan fingerprint density at radius 2 is 1.97 bits per heavy atom. The predicted octanol–water partition coefficient (Wildman–Crippen LogP) is -0.0735. The van der Waals surface area contributed by atoms with Crippen molar-refractivity contribution in [2.75, 3.05) is 14.1 Å². The standard InChI is InChI=1S/C22H26N2O6/c1-9-10-5-4-6-14(25)15(10)19(27)16-11(9)7-13-17(24(2)3)18(26)12(21(23)29)8-22(13,30)20(16)28/h4-6,12-13,15,17,20,27-28,30H,7-8H2,1-3H3,(H2,23,29). The van der Waals surface area contributed by atoms with Gasteiger partial charge in [0.15, 0.2) is 11.6 Å². The van der Waals surface area contributed by atoms with Crippen LogP contribution in [-0.4, -0.2) is 69.5 Å². The van der Waals surface area contributed by atoms with E-state index in [1.54, 1.807) is 31.1 Å². The van der Waals surface area contributed by atoms with Gasteiger partial charge in [-0.15, -0.1) is 0 Å². The molecule has 30 heavy (non-hydrogen) atoms. The van der Waals surface area contributed by atoms with Gasteiger partial charge in [-0.2, -0.15) is 0 Å². The lowest BCUT2D eigenvalue weighted by molar-refractivity contribution is -0.174. The maximum atomic E-state index is 13.0. The number of Topliss-reactive ketones (excluding diaryl/α,β-unsaturated/α-hetero) is 1. The molecule has 0 radical (unpaired) electrons. The van der Waals surface area contributed by atoms with Crippen molar-refractivity contribution < 1.29 is 29.7 Å². The van der Waals surface area contributed by atoms with E-state index in [1.165, 1.54) is 6.08 Å². The Morgan fingerprint density at radius 3 is 2.57 bits per heavy atom. The first kappa shape index (κ1) is 20.7. The van der Waals surface area contributed by atoms with Gasteiger partial charge in [0, 0.05) is 11.5 Å². The highest BCUT2D eigenvalue weighted by Gasteiger charge is 2.62. The molecule has 1 amide bonds. The largest absolute Gasteiger partial charge is 0.511 e. The average Bonchev–Trinajstić information content (AvgIpc) is 2.66. The smallest absolute Gasteiger partial charge is 0.228 e. The number of aliphatic hydroxyl groups is 3. The summed E-state index contributed by atoms with van der Waals surface area (Å²) in [7, 11) is 3.35. The van der Waals surface area contributed by atoms with Crippen LogP contribution in [0.25, 0.3) is 0 Å². The van der Waals surface area contributed by atoms with Crippen LogP contribution in [0.3, 0.4) is 0 Å². The second kappa shape index (κ2) is 6.73. The monoisotopic (exact) mass is 414 g/mol. The molecule has 0 aromatic heterocycles. The Bertz CT molecular complexity index is 988. The molecule has 8 nitrogen and oxygen atoms in total. The number of rotatable bonds is 2. The fourth-order valence-corrected chi connectivity index (χ4v) is 5.65. The van der Waals surface area contributed by atoms with Gasteiger partial charge in [0.2, 0.25) is 5.91 Å². The maximum Gasteiger partial charge on any atom is 0.228 e. The Morgan fingerprint density at radius 1 is 1.30 bits per heavy atom. The number of allylic oxidation sites excluding steroid dienone is 5. The minimum Gasteiger partial charge on any atom is -0.511 e. The van der Waals surface area contributed by atoms with E-state index in [0.29, 0.717) is 11.1 Å². The van der Waals surface area contributed by atoms with Gasteiger partial charge in [-0.25, -0.2) is 0 Å². The van der Waals surface area contributed by atoms with Gasteiger partial charge in [0.25, 0.3) is 0 Å². The number of ketones is 2. The van der Waals surface area contributed by atoms with Crippen LogP contribution in [0.4, 0.5) is 0 Å². The molecule has 160 valence electrons. The molecule has 0 aromatic carbocycles. The fourth-order valence-electron chi connectivity index (χ4n) is 5.65. The van der Waals surface area contributed by atoms with Crippen molar-refractivity contribution in [3.05, 3.63) is 46.3 Å². The number of nitrogens with zero attached hydrogens (tertiary/aromatic N) is 1. The topological polar surface area (TPSA) is 141 Å². The van der Waals surface area contributed by atoms with Crippen molar-refractivity contribution in [2.45, 2.75) is 37.5 Å². The molecule has 0 saturated heterocycles. The van der Waals surface area contributed by atoms with Crippen molar-refractivity contribution in [1.29, 1.82) is 0 Å². The lowest BCUT2D eigenvalue weighted by Crippen LogP contribution is -2.67. The number of hydrogen-bond acceptors (Lipinski definition) is 7. The summed E-state index contributed by atoms with van der Waals surface area (Å²) >= 11 is 0. The number of nitrogens with two attached hydrogens (primary N) is 1. The molecule has 6 unspecified atom stereocenters. The van der Waals surface area contributed by atoms with E-state index in [-0.39, 0.29) is 35.7 Å². The number of likely N-dealkylation sites (N-methyl/N-ethyl adjacent to an activating group) is 1. The number of primary amides is 1. The molecule has 0 heterocycles. The van der Waals surface area contributed by atoms with Gasteiger partial charge < -0.3 is 21.1 Å². The van der Waals surface area contributed by atoms with E-state index in [1.807, 2.05) is 6.92 Å². The molecule has 2 fully saturated rings. The molecule has 8 heteroatoms. The summed E-state index contributed by atoms with van der Waals surface area (Å²) in [6.45, 7) is 1.81. The maximum absolute atomic E-state index is 13.0. The highest BCUT2D eigenvalue weighted by molar-refractivity contribution is 6.04. The molecule has 4 aliphatic rings. The fraction of sp³-hybridized carbons (Fsp3) is 0.500. The summed E-state index contributed by atoms with van der Waals surface area (Å²) in [5, 5.41) is 33.9. The van der Waals surface area contributed by atoms with E-state index in [0.717, 1.165) is 5.57 Å². The van der Waals surface area contributed by atoms with E-state index in [2.05, 4.69) is 0 Å². The first-order chi connectivity index (χ1) is 14.0. The number of carbonyl (C=O) groups is 3. The second-order valence-corrected chi connectivity index (χ2v) is 8.89. The Balaban J connectivity index is 1.91. The number of amides is 1. The Kier molecular flexibility index (Phi) is 4.65. The van der Waals surface area contributed by atoms with E-state index in [4.69, 9.17) is 5.73 Å². The molecule has 5 N–H and O–H groups in total. The van der Waals surface area contributed by atoms with Gasteiger partial charge >= 0.3 is 0 Å². The highest BCUT2D eigenvalue weighted by atomic mass is 16.3. The summed E-state index contributed by atoms with van der Waals surface area (Å²) < 4.78 is 0. The molecule has 0 aromatic rings. The van der Waals surface area contributed by atoms with E-state index in [9.17, 15) is 29.7 Å². The summed E-state index contributed by atoms with van der Waals surface area (Å²) in [6.07, 6.45) is 3.05. The number of hydrogen-bond donors (Lipinski definition) is 4. The molecule has 0 bridgehead atoms. The number of carbonyl (C=O) groups excluding carboxylic acids is 3. The zero-order valence-electron chi connectivity index (χ0n) is 17.1. The SMILES string of the molecule is CC1=C2CC3C(N(C)C)C(=O)C(C(N)=O)CC3(O)C(O)C2=C(O)C2C(=O)C=CC=C12. The van der Waals surface area contributed by atoms with Gasteiger partial charge in [-0.3, -0.25) is 19.3 Å². The van der Waals surface area contributed by atoms with Crippen LogP contribution in [0.1, 0.15) is 19.8 Å². The van der Waals surface area contributed by atoms with Crippen molar-refractivity contribution in [2.24, 2.45) is 23.5 Å². The lowest BCUT2D eigenvalue weighted by atomic mass is 9.55. The summed E-state index contributed by atoms with van der Waals surface area (Å²) in [6, 6.07) is -0.834. The van der Waals surface area contributed by atoms with Crippen LogP contribution in [0, 0.1) is 17.8 Å². The lowest BCUT2D eigenvalue weighted by Gasteiger charge is -2.54. The Hall–Kier alpha value is -2.55.